The van der Waals surface area contributed by atoms with Gasteiger partial charge in [-0.25, -0.2) is 13.6 Å². The standard InChI is InChI=1S/C11H12F2N2O2S/c1-6(18-5-9(16)15-11(14)17)10-7(12)3-2-4-8(10)13/h2-4,6H,5H2,1H3,(H3,14,15,16,17). The van der Waals surface area contributed by atoms with Gasteiger partial charge in [-0.3, -0.25) is 10.1 Å². The predicted octanol–water partition coefficient (Wildman–Crippen LogP) is 1.95. The van der Waals surface area contributed by atoms with E-state index < -0.39 is 28.8 Å². The van der Waals surface area contributed by atoms with E-state index in [1.54, 1.807) is 6.92 Å². The number of nitrogens with two attached hydrogens (primary N) is 1. The van der Waals surface area contributed by atoms with Crippen molar-refractivity contribution in [2.24, 2.45) is 5.73 Å². The number of primary amides is 1. The molecule has 0 aliphatic rings. The number of nitrogens with one attached hydrogen (secondary N) is 1. The molecule has 4 nitrogen and oxygen atoms in total. The molecule has 0 radical (unpaired) electrons. The third-order valence-corrected chi connectivity index (χ3v) is 3.30. The molecular formula is C11H12F2N2O2S. The van der Waals surface area contributed by atoms with Crippen LogP contribution in [0.1, 0.15) is 17.7 Å². The van der Waals surface area contributed by atoms with Crippen LogP contribution in [-0.4, -0.2) is 17.7 Å². The minimum absolute atomic E-state index is 0.0885. The summed E-state index contributed by atoms with van der Waals surface area (Å²) in [5, 5.41) is 1.32. The Kier molecular flexibility index (Phi) is 5.08. The van der Waals surface area contributed by atoms with E-state index in [2.05, 4.69) is 0 Å². The second-order valence-corrected chi connectivity index (χ2v) is 4.83. The molecule has 1 aromatic carbocycles. The van der Waals surface area contributed by atoms with Gasteiger partial charge in [-0.1, -0.05) is 6.07 Å². The van der Waals surface area contributed by atoms with Crippen molar-refractivity contribution in [3.05, 3.63) is 35.4 Å². The average Bonchev–Trinajstić information content (AvgIpc) is 2.25. The molecule has 0 aliphatic carbocycles. The summed E-state index contributed by atoms with van der Waals surface area (Å²) in [5.41, 5.74) is 4.67. The first kappa shape index (κ1) is 14.4. The lowest BCUT2D eigenvalue weighted by atomic mass is 10.1. The third-order valence-electron chi connectivity index (χ3n) is 2.13. The molecule has 1 unspecified atom stereocenters. The number of halogens is 2. The summed E-state index contributed by atoms with van der Waals surface area (Å²) in [4.78, 5) is 21.5. The van der Waals surface area contributed by atoms with Gasteiger partial charge in [-0.05, 0) is 19.1 Å². The first-order chi connectivity index (χ1) is 8.41. The highest BCUT2D eigenvalue weighted by Crippen LogP contribution is 2.31. The maximum atomic E-state index is 13.4. The number of thioether (sulfide) groups is 1. The Labute approximate surface area is 107 Å². The minimum Gasteiger partial charge on any atom is -0.351 e. The number of carbonyl (C=O) groups is 2. The Morgan fingerprint density at radius 3 is 2.44 bits per heavy atom. The van der Waals surface area contributed by atoms with E-state index in [0.29, 0.717) is 0 Å². The average molecular weight is 274 g/mol. The molecule has 0 saturated carbocycles. The maximum absolute atomic E-state index is 13.4. The highest BCUT2D eigenvalue weighted by atomic mass is 32.2. The van der Waals surface area contributed by atoms with Crippen molar-refractivity contribution in [2.45, 2.75) is 12.2 Å². The summed E-state index contributed by atoms with van der Waals surface area (Å²) in [6, 6.07) is 2.62. The summed E-state index contributed by atoms with van der Waals surface area (Å²) in [6.45, 7) is 1.57. The Bertz CT molecular complexity index is 448. The number of hydrogen-bond donors (Lipinski definition) is 2. The molecule has 1 aromatic rings. The summed E-state index contributed by atoms with van der Waals surface area (Å²) < 4.78 is 26.8. The van der Waals surface area contributed by atoms with E-state index in [9.17, 15) is 18.4 Å². The molecule has 18 heavy (non-hydrogen) atoms. The predicted molar refractivity (Wildman–Crippen MR) is 65.0 cm³/mol. The number of benzene rings is 1. The molecule has 7 heteroatoms. The lowest BCUT2D eigenvalue weighted by Gasteiger charge is -2.12. The zero-order chi connectivity index (χ0) is 13.7. The van der Waals surface area contributed by atoms with Crippen LogP contribution in [0.2, 0.25) is 0 Å². The number of amides is 3. The molecule has 3 amide bonds. The van der Waals surface area contributed by atoms with Crippen LogP contribution in [0.5, 0.6) is 0 Å². The molecule has 0 bridgehead atoms. The van der Waals surface area contributed by atoms with Gasteiger partial charge >= 0.3 is 6.03 Å². The largest absolute Gasteiger partial charge is 0.351 e. The molecular weight excluding hydrogens is 262 g/mol. The fourth-order valence-corrected chi connectivity index (χ4v) is 2.22. The van der Waals surface area contributed by atoms with Gasteiger partial charge in [0.2, 0.25) is 5.91 Å². The van der Waals surface area contributed by atoms with Crippen molar-refractivity contribution in [3.63, 3.8) is 0 Å². The zero-order valence-corrected chi connectivity index (χ0v) is 10.4. The molecule has 0 heterocycles. The SMILES string of the molecule is CC(SCC(=O)NC(N)=O)c1c(F)cccc1F. The number of rotatable bonds is 4. The van der Waals surface area contributed by atoms with Crippen molar-refractivity contribution < 1.29 is 18.4 Å². The van der Waals surface area contributed by atoms with Crippen LogP contribution in [0.4, 0.5) is 13.6 Å². The number of hydrogen-bond acceptors (Lipinski definition) is 3. The van der Waals surface area contributed by atoms with Gasteiger partial charge in [0.15, 0.2) is 0 Å². The molecule has 3 N–H and O–H groups in total. The van der Waals surface area contributed by atoms with Crippen LogP contribution in [-0.2, 0) is 4.79 Å². The second kappa shape index (κ2) is 6.34. The van der Waals surface area contributed by atoms with E-state index in [-0.39, 0.29) is 11.3 Å². The summed E-state index contributed by atoms with van der Waals surface area (Å²) in [5.74, 6) is -2.04. The van der Waals surface area contributed by atoms with Crippen LogP contribution < -0.4 is 11.1 Å². The van der Waals surface area contributed by atoms with Crippen molar-refractivity contribution in [1.29, 1.82) is 0 Å². The number of urea groups is 1. The van der Waals surface area contributed by atoms with Crippen LogP contribution in [0.15, 0.2) is 18.2 Å². The quantitative estimate of drug-likeness (QED) is 0.881. The van der Waals surface area contributed by atoms with Crippen LogP contribution in [0.25, 0.3) is 0 Å². The van der Waals surface area contributed by atoms with Gasteiger partial charge in [0.1, 0.15) is 11.6 Å². The van der Waals surface area contributed by atoms with Gasteiger partial charge in [-0.2, -0.15) is 0 Å². The normalized spacial score (nSPS) is 11.9. The molecule has 1 rings (SSSR count). The molecule has 0 fully saturated rings. The topological polar surface area (TPSA) is 72.2 Å². The highest BCUT2D eigenvalue weighted by Gasteiger charge is 2.17. The molecule has 0 saturated heterocycles. The summed E-state index contributed by atoms with van der Waals surface area (Å²) in [6.07, 6.45) is 0. The Morgan fingerprint density at radius 1 is 1.39 bits per heavy atom. The third kappa shape index (κ3) is 3.99. The second-order valence-electron chi connectivity index (χ2n) is 3.50. The lowest BCUT2D eigenvalue weighted by Crippen LogP contribution is -2.36. The molecule has 0 aliphatic heterocycles. The van der Waals surface area contributed by atoms with Crippen LogP contribution in [0, 0.1) is 11.6 Å². The monoisotopic (exact) mass is 274 g/mol. The Balaban J connectivity index is 2.63. The van der Waals surface area contributed by atoms with Crippen molar-refractivity contribution in [2.75, 3.05) is 5.75 Å². The van der Waals surface area contributed by atoms with E-state index in [4.69, 9.17) is 5.73 Å². The van der Waals surface area contributed by atoms with Crippen LogP contribution in [0.3, 0.4) is 0 Å². The van der Waals surface area contributed by atoms with E-state index >= 15 is 0 Å². The van der Waals surface area contributed by atoms with Crippen molar-refractivity contribution in [1.82, 2.24) is 5.32 Å². The van der Waals surface area contributed by atoms with Gasteiger partial charge in [0.25, 0.3) is 0 Å². The maximum Gasteiger partial charge on any atom is 0.318 e. The number of imide groups is 1. The summed E-state index contributed by atoms with van der Waals surface area (Å²) in [7, 11) is 0. The Morgan fingerprint density at radius 2 is 1.94 bits per heavy atom. The molecule has 1 atom stereocenters. The minimum atomic E-state index is -0.953. The lowest BCUT2D eigenvalue weighted by molar-refractivity contribution is -0.117. The fourth-order valence-electron chi connectivity index (χ4n) is 1.36. The summed E-state index contributed by atoms with van der Waals surface area (Å²) >= 11 is 1.01. The first-order valence-corrected chi connectivity index (χ1v) is 6.11. The zero-order valence-electron chi connectivity index (χ0n) is 9.57. The van der Waals surface area contributed by atoms with Gasteiger partial charge in [-0.15, -0.1) is 11.8 Å². The van der Waals surface area contributed by atoms with Crippen molar-refractivity contribution in [3.8, 4) is 0 Å². The van der Waals surface area contributed by atoms with Crippen molar-refractivity contribution >= 4 is 23.7 Å². The number of carbonyl (C=O) groups excluding carboxylic acids is 2. The van der Waals surface area contributed by atoms with Gasteiger partial charge in [0.05, 0.1) is 5.75 Å². The van der Waals surface area contributed by atoms with Crippen LogP contribution >= 0.6 is 11.8 Å². The van der Waals surface area contributed by atoms with E-state index in [1.165, 1.54) is 6.07 Å². The highest BCUT2D eigenvalue weighted by molar-refractivity contribution is 8.00. The molecule has 0 aromatic heterocycles. The molecule has 98 valence electrons. The fraction of sp³-hybridized carbons (Fsp3) is 0.273. The first-order valence-electron chi connectivity index (χ1n) is 5.06. The van der Waals surface area contributed by atoms with Gasteiger partial charge < -0.3 is 5.73 Å². The Hall–Kier alpha value is -1.63. The smallest absolute Gasteiger partial charge is 0.318 e. The van der Waals surface area contributed by atoms with E-state index in [0.717, 1.165) is 23.9 Å². The molecule has 0 spiro atoms. The van der Waals surface area contributed by atoms with E-state index in [1.807, 2.05) is 5.32 Å². The van der Waals surface area contributed by atoms with Gasteiger partial charge in [0, 0.05) is 10.8 Å².